The molecule has 1 aliphatic heterocycles. The molecule has 0 aliphatic carbocycles. The topological polar surface area (TPSA) is 71.7 Å². The van der Waals surface area contributed by atoms with Crippen LogP contribution in [0.15, 0.2) is 10.1 Å². The average molecular weight is 252 g/mol. The Morgan fingerprint density at radius 2 is 1.67 bits per heavy atom. The van der Waals surface area contributed by atoms with Gasteiger partial charge in [0.1, 0.15) is 10.1 Å². The van der Waals surface area contributed by atoms with E-state index in [1.807, 2.05) is 0 Å². The Morgan fingerprint density at radius 3 is 2.13 bits per heavy atom. The van der Waals surface area contributed by atoms with Crippen molar-refractivity contribution in [3.8, 4) is 0 Å². The first-order valence-corrected chi connectivity index (χ1v) is 5.00. The first-order chi connectivity index (χ1) is 7.04. The van der Waals surface area contributed by atoms with Crippen molar-refractivity contribution in [3.05, 3.63) is 10.1 Å². The molecule has 83 valence electrons. The van der Waals surface area contributed by atoms with Crippen molar-refractivity contribution in [2.45, 2.75) is 0 Å². The van der Waals surface area contributed by atoms with E-state index in [4.69, 9.17) is 28.3 Å². The van der Waals surface area contributed by atoms with Gasteiger partial charge in [-0.1, -0.05) is 23.2 Å². The Hall–Kier alpha value is -0.780. The predicted molar refractivity (Wildman–Crippen MR) is 54.8 cm³/mol. The molecule has 1 amide bonds. The van der Waals surface area contributed by atoms with E-state index in [1.165, 1.54) is 4.90 Å². The minimum Gasteiger partial charge on any atom is -0.477 e. The zero-order valence-corrected chi connectivity index (χ0v) is 9.25. The molecule has 0 aromatic rings. The predicted octanol–water partition coefficient (Wildman–Crippen LogP) is 0.207. The first-order valence-electron chi connectivity index (χ1n) is 4.25. The average Bonchev–Trinajstić information content (AvgIpc) is 2.27. The summed E-state index contributed by atoms with van der Waals surface area (Å²) in [6, 6.07) is 0. The number of hydrogen-bond donors (Lipinski definition) is 1. The Balaban J connectivity index is 2.74. The van der Waals surface area contributed by atoms with E-state index >= 15 is 0 Å². The van der Waals surface area contributed by atoms with Crippen molar-refractivity contribution in [2.24, 2.45) is 0 Å². The third-order valence-corrected chi connectivity index (χ3v) is 2.71. The molecule has 15 heavy (non-hydrogen) atoms. The molecule has 1 fully saturated rings. The molecular formula is C8H9Cl2N2O3. The maximum absolute atomic E-state index is 11.6. The Kier molecular flexibility index (Phi) is 4.38. The number of carbonyl (C=O) groups excluding carboxylic acids is 1. The summed E-state index contributed by atoms with van der Waals surface area (Å²) in [7, 11) is 0. The number of hydrogen-bond acceptors (Lipinski definition) is 2. The molecule has 7 heteroatoms. The van der Waals surface area contributed by atoms with Crippen LogP contribution in [0.2, 0.25) is 0 Å². The smallest absolute Gasteiger partial charge is 0.349 e. The number of piperazine rings is 1. The molecule has 0 aromatic carbocycles. The number of halogens is 2. The van der Waals surface area contributed by atoms with Crippen molar-refractivity contribution in [1.82, 2.24) is 10.2 Å². The highest BCUT2D eigenvalue weighted by atomic mass is 35.5. The lowest BCUT2D eigenvalue weighted by Gasteiger charge is -2.26. The number of rotatable bonds is 2. The van der Waals surface area contributed by atoms with Crippen molar-refractivity contribution in [1.29, 1.82) is 0 Å². The molecule has 5 nitrogen and oxygen atoms in total. The Labute approximate surface area is 96.6 Å². The van der Waals surface area contributed by atoms with Crippen LogP contribution >= 0.6 is 23.2 Å². The van der Waals surface area contributed by atoms with E-state index in [0.29, 0.717) is 26.2 Å². The minimum absolute atomic E-state index is 0.443. The van der Waals surface area contributed by atoms with Crippen LogP contribution in [0.25, 0.3) is 0 Å². The molecule has 1 saturated heterocycles. The summed E-state index contributed by atoms with van der Waals surface area (Å²) in [4.78, 5) is 23.5. The second-order valence-corrected chi connectivity index (χ2v) is 3.65. The highest BCUT2D eigenvalue weighted by molar-refractivity contribution is 6.53. The lowest BCUT2D eigenvalue weighted by Crippen LogP contribution is -2.44. The number of carboxylic acid groups (broad SMARTS) is 1. The summed E-state index contributed by atoms with van der Waals surface area (Å²) >= 11 is 10.9. The largest absolute Gasteiger partial charge is 0.477 e. The fraction of sp³-hybridized carbons (Fsp3) is 0.500. The van der Waals surface area contributed by atoms with E-state index in [0.717, 1.165) is 0 Å². The summed E-state index contributed by atoms with van der Waals surface area (Å²) in [5, 5.41) is 11.5. The fourth-order valence-corrected chi connectivity index (χ4v) is 1.42. The number of nitrogens with zero attached hydrogens (tertiary/aromatic N) is 2. The highest BCUT2D eigenvalue weighted by Gasteiger charge is 2.23. The molecule has 0 saturated carbocycles. The van der Waals surface area contributed by atoms with E-state index < -0.39 is 21.9 Å². The molecule has 0 bridgehead atoms. The van der Waals surface area contributed by atoms with Gasteiger partial charge in [-0.2, -0.15) is 0 Å². The van der Waals surface area contributed by atoms with Gasteiger partial charge in [-0.25, -0.2) is 10.1 Å². The monoisotopic (exact) mass is 251 g/mol. The van der Waals surface area contributed by atoms with Gasteiger partial charge >= 0.3 is 5.97 Å². The van der Waals surface area contributed by atoms with Crippen LogP contribution in [0, 0.1) is 0 Å². The van der Waals surface area contributed by atoms with Gasteiger partial charge < -0.3 is 10.0 Å². The first kappa shape index (κ1) is 12.3. The number of amides is 1. The lowest BCUT2D eigenvalue weighted by molar-refractivity contribution is -0.133. The minimum atomic E-state index is -1.41. The summed E-state index contributed by atoms with van der Waals surface area (Å²) < 4.78 is 0. The van der Waals surface area contributed by atoms with Crippen LogP contribution in [0.3, 0.4) is 0 Å². The zero-order chi connectivity index (χ0) is 11.4. The maximum Gasteiger partial charge on any atom is 0.349 e. The van der Waals surface area contributed by atoms with Gasteiger partial charge in [0.2, 0.25) is 0 Å². The van der Waals surface area contributed by atoms with Crippen molar-refractivity contribution in [3.63, 3.8) is 0 Å². The SMILES string of the molecule is O=C(O)/C(Cl)=C(\Cl)C(=O)N1CC[N]CC1. The van der Waals surface area contributed by atoms with Gasteiger partial charge in [0.25, 0.3) is 5.91 Å². The molecule has 1 N–H and O–H groups in total. The summed E-state index contributed by atoms with van der Waals surface area (Å²) in [6.07, 6.45) is 0. The molecule has 1 rings (SSSR count). The Morgan fingerprint density at radius 1 is 1.13 bits per heavy atom. The van der Waals surface area contributed by atoms with Crippen molar-refractivity contribution in [2.75, 3.05) is 26.2 Å². The van der Waals surface area contributed by atoms with E-state index in [2.05, 4.69) is 5.32 Å². The van der Waals surface area contributed by atoms with Gasteiger partial charge in [-0.15, -0.1) is 0 Å². The molecule has 0 spiro atoms. The van der Waals surface area contributed by atoms with Crippen molar-refractivity contribution >= 4 is 35.1 Å². The third-order valence-electron chi connectivity index (χ3n) is 1.91. The van der Waals surface area contributed by atoms with Crippen LogP contribution < -0.4 is 5.32 Å². The second-order valence-electron chi connectivity index (χ2n) is 2.90. The van der Waals surface area contributed by atoms with Crippen LogP contribution in [0.5, 0.6) is 0 Å². The second kappa shape index (κ2) is 5.34. The number of carbonyl (C=O) groups is 2. The maximum atomic E-state index is 11.6. The summed E-state index contributed by atoms with van der Waals surface area (Å²) in [5.74, 6) is -1.96. The van der Waals surface area contributed by atoms with Gasteiger partial charge in [0.05, 0.1) is 0 Å². The molecule has 1 aliphatic rings. The third kappa shape index (κ3) is 3.09. The van der Waals surface area contributed by atoms with Gasteiger partial charge in [-0.05, 0) is 0 Å². The normalized spacial score (nSPS) is 18.4. The molecule has 1 radical (unpaired) electrons. The summed E-state index contributed by atoms with van der Waals surface area (Å²) in [6.45, 7) is 1.97. The molecular weight excluding hydrogens is 243 g/mol. The van der Waals surface area contributed by atoms with E-state index in [-0.39, 0.29) is 0 Å². The number of aliphatic carboxylic acids is 1. The van der Waals surface area contributed by atoms with Crippen LogP contribution in [0.4, 0.5) is 0 Å². The standard InChI is InChI=1S/C8H9Cl2N2O3/c9-5(6(10)8(14)15)7(13)12-3-1-11-2-4-12/h1-4H2,(H,14,15)/b6-5+. The molecule has 0 atom stereocenters. The summed E-state index contributed by atoms with van der Waals surface area (Å²) in [5.41, 5.74) is 0. The highest BCUT2D eigenvalue weighted by Crippen LogP contribution is 2.17. The zero-order valence-electron chi connectivity index (χ0n) is 7.74. The van der Waals surface area contributed by atoms with Crippen molar-refractivity contribution < 1.29 is 14.7 Å². The van der Waals surface area contributed by atoms with Gasteiger partial charge in [-0.3, -0.25) is 4.79 Å². The van der Waals surface area contributed by atoms with Crippen LogP contribution in [0.1, 0.15) is 0 Å². The van der Waals surface area contributed by atoms with E-state index in [9.17, 15) is 9.59 Å². The van der Waals surface area contributed by atoms with Crippen LogP contribution in [-0.4, -0.2) is 48.1 Å². The number of carboxylic acids is 1. The van der Waals surface area contributed by atoms with Crippen LogP contribution in [-0.2, 0) is 9.59 Å². The molecule has 0 unspecified atom stereocenters. The van der Waals surface area contributed by atoms with Gasteiger partial charge in [0, 0.05) is 26.2 Å². The lowest BCUT2D eigenvalue weighted by atomic mass is 10.3. The Bertz CT molecular complexity index is 311. The van der Waals surface area contributed by atoms with Gasteiger partial charge in [0.15, 0.2) is 0 Å². The van der Waals surface area contributed by atoms with E-state index in [1.54, 1.807) is 0 Å². The molecule has 1 heterocycles. The molecule has 0 aromatic heterocycles. The fourth-order valence-electron chi connectivity index (χ4n) is 1.14. The quantitative estimate of drug-likeness (QED) is 0.714.